The Labute approximate surface area is 287 Å². The van der Waals surface area contributed by atoms with E-state index in [-0.39, 0.29) is 44.9 Å². The molecule has 1 aromatic heterocycles. The second-order valence-electron chi connectivity index (χ2n) is 14.6. The molecule has 0 bridgehead atoms. The quantitative estimate of drug-likeness (QED) is 0.261. The van der Waals surface area contributed by atoms with Gasteiger partial charge in [0.2, 0.25) is 5.91 Å². The maximum Gasteiger partial charge on any atom is 0.410 e. The highest BCUT2D eigenvalue weighted by molar-refractivity contribution is 7.09. The van der Waals surface area contributed by atoms with E-state index in [9.17, 15) is 24.3 Å². The van der Waals surface area contributed by atoms with Crippen LogP contribution in [0, 0.1) is 5.92 Å². The van der Waals surface area contributed by atoms with Gasteiger partial charge in [0.15, 0.2) is 5.60 Å². The molecular weight excluding hydrogens is 636 g/mol. The molecule has 3 rings (SSSR count). The number of nitrogens with one attached hydrogen (secondary N) is 2. The van der Waals surface area contributed by atoms with Gasteiger partial charge in [0.1, 0.15) is 11.6 Å². The molecule has 1 saturated heterocycles. The van der Waals surface area contributed by atoms with Crippen molar-refractivity contribution in [3.05, 3.63) is 52.5 Å². The lowest BCUT2D eigenvalue weighted by molar-refractivity contribution is -0.146. The van der Waals surface area contributed by atoms with E-state index in [4.69, 9.17) is 15.2 Å². The molecule has 13 nitrogen and oxygen atoms in total. The Hall–Kier alpha value is -3.75. The van der Waals surface area contributed by atoms with Crippen molar-refractivity contribution in [3.63, 3.8) is 0 Å². The van der Waals surface area contributed by atoms with Gasteiger partial charge in [-0.05, 0) is 53.5 Å². The van der Waals surface area contributed by atoms with Crippen LogP contribution >= 0.6 is 11.3 Å². The lowest BCUT2D eigenvalue weighted by Gasteiger charge is -2.43. The van der Waals surface area contributed by atoms with Crippen LogP contribution in [0.1, 0.15) is 65.8 Å². The third-order valence-electron chi connectivity index (χ3n) is 7.96. The monoisotopic (exact) mass is 688 g/mol. The van der Waals surface area contributed by atoms with E-state index in [0.29, 0.717) is 0 Å². The molecule has 0 spiro atoms. The van der Waals surface area contributed by atoms with Gasteiger partial charge in [-0.25, -0.2) is 9.59 Å². The molecule has 0 aliphatic carbocycles. The number of rotatable bonds is 12. The normalized spacial score (nSPS) is 18.4. The molecule has 5 N–H and O–H groups in total. The fourth-order valence-corrected chi connectivity index (χ4v) is 6.23. The number of aromatic nitrogens is 1. The zero-order valence-corrected chi connectivity index (χ0v) is 30.1. The Morgan fingerprint density at radius 3 is 2.27 bits per heavy atom. The number of hydrogen-bond acceptors (Lipinski definition) is 10. The first kappa shape index (κ1) is 38.7. The Morgan fingerprint density at radius 1 is 1.06 bits per heavy atom. The van der Waals surface area contributed by atoms with Crippen molar-refractivity contribution >= 4 is 35.3 Å². The lowest BCUT2D eigenvalue weighted by atomic mass is 9.84. The molecule has 14 heteroatoms. The Balaban J connectivity index is 1.93. The molecular formula is C34H52N6O7S. The lowest BCUT2D eigenvalue weighted by Crippen LogP contribution is -2.65. The summed E-state index contributed by atoms with van der Waals surface area (Å²) in [5.74, 6) is -1.40. The third kappa shape index (κ3) is 11.2. The number of aliphatic hydroxyl groups excluding tert-OH is 1. The largest absolute Gasteiger partial charge is 0.444 e. The molecule has 4 atom stereocenters. The van der Waals surface area contributed by atoms with Crippen LogP contribution in [0.15, 0.2) is 42.0 Å². The van der Waals surface area contributed by atoms with Crippen molar-refractivity contribution in [2.45, 2.75) is 103 Å². The van der Waals surface area contributed by atoms with E-state index < -0.39 is 58.9 Å². The van der Waals surface area contributed by atoms with Crippen LogP contribution < -0.4 is 16.4 Å². The van der Waals surface area contributed by atoms with Crippen molar-refractivity contribution in [2.24, 2.45) is 11.7 Å². The van der Waals surface area contributed by atoms with Crippen LogP contribution in [0.3, 0.4) is 0 Å². The third-order valence-corrected chi connectivity index (χ3v) is 8.74. The van der Waals surface area contributed by atoms with Crippen molar-refractivity contribution in [2.75, 3.05) is 26.2 Å². The molecule has 266 valence electrons. The van der Waals surface area contributed by atoms with E-state index in [1.807, 2.05) is 56.0 Å². The number of nitrogens with zero attached hydrogens (tertiary/aromatic N) is 3. The molecule has 0 saturated carbocycles. The number of hydrogen-bond donors (Lipinski definition) is 4. The van der Waals surface area contributed by atoms with Crippen LogP contribution in [0.25, 0.3) is 0 Å². The number of β-amino-alcohol motifs (C(OH)–C–C–N with tert-alkyl or cyclic N) is 1. The van der Waals surface area contributed by atoms with Gasteiger partial charge in [-0.3, -0.25) is 19.5 Å². The number of primary amides is 1. The fraction of sp³-hybridized carbons (Fsp3) is 0.618. The van der Waals surface area contributed by atoms with Gasteiger partial charge in [0.25, 0.3) is 5.91 Å². The molecule has 1 aliphatic heterocycles. The van der Waals surface area contributed by atoms with Crippen LogP contribution in [0.5, 0.6) is 0 Å². The maximum atomic E-state index is 14.2. The Morgan fingerprint density at radius 2 is 1.73 bits per heavy atom. The van der Waals surface area contributed by atoms with Gasteiger partial charge >= 0.3 is 12.2 Å². The number of aliphatic hydroxyl groups is 1. The number of amides is 4. The van der Waals surface area contributed by atoms with Gasteiger partial charge in [0.05, 0.1) is 17.7 Å². The summed E-state index contributed by atoms with van der Waals surface area (Å²) in [6.45, 7) is 15.1. The van der Waals surface area contributed by atoms with E-state index in [2.05, 4.69) is 15.6 Å². The van der Waals surface area contributed by atoms with Crippen molar-refractivity contribution in [3.8, 4) is 0 Å². The fourth-order valence-electron chi connectivity index (χ4n) is 5.56. The second kappa shape index (κ2) is 16.1. The minimum Gasteiger partial charge on any atom is -0.444 e. The van der Waals surface area contributed by atoms with E-state index in [0.717, 1.165) is 10.4 Å². The number of piperazine rings is 1. The minimum atomic E-state index is -1.68. The number of benzene rings is 1. The topological polar surface area (TPSA) is 176 Å². The van der Waals surface area contributed by atoms with Gasteiger partial charge < -0.3 is 35.8 Å². The molecule has 1 aliphatic rings. The Kier molecular flexibility index (Phi) is 13.0. The molecule has 2 heterocycles. The first-order chi connectivity index (χ1) is 22.3. The first-order valence-corrected chi connectivity index (χ1v) is 17.1. The second-order valence-corrected chi connectivity index (χ2v) is 15.6. The predicted molar refractivity (Wildman–Crippen MR) is 183 cm³/mol. The number of nitrogens with two attached hydrogens (primary N) is 1. The van der Waals surface area contributed by atoms with Gasteiger partial charge in [-0.15, -0.1) is 11.3 Å². The number of thiazole rings is 1. The van der Waals surface area contributed by atoms with Gasteiger partial charge in [0, 0.05) is 55.1 Å². The highest BCUT2D eigenvalue weighted by Gasteiger charge is 2.47. The molecule has 2 aromatic rings. The predicted octanol–water partition coefficient (Wildman–Crippen LogP) is 3.10. The molecule has 48 heavy (non-hydrogen) atoms. The highest BCUT2D eigenvalue weighted by atomic mass is 32.1. The van der Waals surface area contributed by atoms with Crippen molar-refractivity contribution < 1.29 is 33.8 Å². The first-order valence-electron chi connectivity index (χ1n) is 16.2. The van der Waals surface area contributed by atoms with E-state index in [1.165, 1.54) is 16.2 Å². The maximum absolute atomic E-state index is 14.2. The molecule has 0 radical (unpaired) electrons. The SMILES string of the molecule is CC(C)[C@](Cc1cncs1)(OC(N)=O)C(=O)N[C@@H](Cc1ccccc1)[C@H](O)CN1CCN(C(=O)OC(C)(C)C)C[C@H]1C(=O)NC(C)(C)C. The van der Waals surface area contributed by atoms with E-state index >= 15 is 0 Å². The summed E-state index contributed by atoms with van der Waals surface area (Å²) < 4.78 is 11.2. The summed E-state index contributed by atoms with van der Waals surface area (Å²) in [4.78, 5) is 61.1. The molecule has 1 aromatic carbocycles. The Bertz CT molecular complexity index is 1380. The zero-order chi connectivity index (χ0) is 35.9. The standard InChI is InChI=1S/C34H52N6O7S/c1-22(2)34(46-30(35)44,17-24-18-36-21-48-24)29(43)37-25(16-23-12-10-9-11-13-23)27(41)20-39-14-15-40(31(45)47-33(6,7)8)19-26(39)28(42)38-32(3,4)5/h9-13,18,21-22,25-27,41H,14-17,19-20H2,1-8H3,(H2,35,44)(H,37,43)(H,38,42)/t25-,26-,27+,34-/m0/s1. The van der Waals surface area contributed by atoms with Crippen molar-refractivity contribution in [1.29, 1.82) is 0 Å². The number of carbonyl (C=O) groups excluding carboxylic acids is 4. The zero-order valence-electron chi connectivity index (χ0n) is 29.3. The highest BCUT2D eigenvalue weighted by Crippen LogP contribution is 2.30. The van der Waals surface area contributed by atoms with Crippen LogP contribution in [-0.2, 0) is 31.9 Å². The average Bonchev–Trinajstić information content (AvgIpc) is 3.48. The van der Waals surface area contributed by atoms with Crippen LogP contribution in [0.2, 0.25) is 0 Å². The summed E-state index contributed by atoms with van der Waals surface area (Å²) >= 11 is 1.32. The van der Waals surface area contributed by atoms with Gasteiger partial charge in [-0.2, -0.15) is 0 Å². The smallest absolute Gasteiger partial charge is 0.410 e. The van der Waals surface area contributed by atoms with Crippen molar-refractivity contribution in [1.82, 2.24) is 25.4 Å². The summed E-state index contributed by atoms with van der Waals surface area (Å²) in [5.41, 5.74) is 5.04. The summed E-state index contributed by atoms with van der Waals surface area (Å²) in [7, 11) is 0. The number of carbonyl (C=O) groups is 4. The summed E-state index contributed by atoms with van der Waals surface area (Å²) in [6, 6.07) is 7.72. The summed E-state index contributed by atoms with van der Waals surface area (Å²) in [6.07, 6.45) is -0.899. The summed E-state index contributed by atoms with van der Waals surface area (Å²) in [5, 5.41) is 17.8. The van der Waals surface area contributed by atoms with Crippen LogP contribution in [-0.4, -0.2) is 105 Å². The van der Waals surface area contributed by atoms with E-state index in [1.54, 1.807) is 46.3 Å². The average molecular weight is 689 g/mol. The minimum absolute atomic E-state index is 0.00235. The van der Waals surface area contributed by atoms with Gasteiger partial charge in [-0.1, -0.05) is 44.2 Å². The molecule has 1 fully saturated rings. The molecule has 0 unspecified atom stereocenters. The van der Waals surface area contributed by atoms with Crippen LogP contribution in [0.4, 0.5) is 9.59 Å². The molecule has 4 amide bonds. The number of ether oxygens (including phenoxy) is 2.